The third-order valence-electron chi connectivity index (χ3n) is 8.00. The maximum Gasteiger partial charge on any atom is 0.505 e. The second kappa shape index (κ2) is 22.4. The van der Waals surface area contributed by atoms with E-state index in [2.05, 4.69) is 89.6 Å². The van der Waals surface area contributed by atoms with Crippen molar-refractivity contribution in [3.63, 3.8) is 0 Å². The first-order valence-corrected chi connectivity index (χ1v) is 22.9. The molecule has 61 heavy (non-hydrogen) atoms. The summed E-state index contributed by atoms with van der Waals surface area (Å²) in [5, 5.41) is 20.2. The largest absolute Gasteiger partial charge is 0.505 e. The van der Waals surface area contributed by atoms with E-state index < -0.39 is 22.1 Å². The van der Waals surface area contributed by atoms with Gasteiger partial charge in [-0.2, -0.15) is 13.2 Å². The summed E-state index contributed by atoms with van der Waals surface area (Å²) in [7, 11) is -0.440. The first-order chi connectivity index (χ1) is 28.2. The molecule has 0 spiro atoms. The molecule has 6 aromatic rings. The number of nitrogens with two attached hydrogens (primary N) is 4. The number of nitrogens with zero attached hydrogens (tertiary/aromatic N) is 5. The van der Waals surface area contributed by atoms with Crippen LogP contribution in [0, 0.1) is 35.6 Å². The predicted molar refractivity (Wildman–Crippen MR) is 266 cm³/mol. The van der Waals surface area contributed by atoms with Crippen LogP contribution in [0.1, 0.15) is 34.6 Å². The first-order valence-electron chi connectivity index (χ1n) is 16.8. The molecule has 0 saturated carbocycles. The number of halogens is 7. The van der Waals surface area contributed by atoms with Crippen LogP contribution in [0.2, 0.25) is 5.02 Å². The molecule has 0 aliphatic carbocycles. The molecule has 26 heteroatoms. The Kier molecular flexibility index (Phi) is 19.2. The van der Waals surface area contributed by atoms with Crippen molar-refractivity contribution in [3.8, 4) is 20.9 Å². The van der Waals surface area contributed by atoms with E-state index in [0.717, 1.165) is 49.2 Å². The van der Waals surface area contributed by atoms with Crippen LogP contribution in [0.25, 0.3) is 20.9 Å². The fourth-order valence-corrected chi connectivity index (χ4v) is 6.96. The predicted octanol–water partition coefficient (Wildman–Crippen LogP) is 10.9. The highest BCUT2D eigenvalue weighted by Gasteiger charge is 2.52. The van der Waals surface area contributed by atoms with Crippen molar-refractivity contribution in [3.05, 3.63) is 114 Å². The number of rotatable bonds is 5. The zero-order valence-corrected chi connectivity index (χ0v) is 42.0. The minimum absolute atomic E-state index is 0.00231. The summed E-state index contributed by atoms with van der Waals surface area (Å²) in [4.78, 5) is 32.0. The lowest BCUT2D eigenvalue weighted by molar-refractivity contribution is -0.384. The summed E-state index contributed by atoms with van der Waals surface area (Å²) in [6.45, 7) is 10.1. The average Bonchev–Trinajstić information content (AvgIpc) is 3.93. The van der Waals surface area contributed by atoms with Crippen molar-refractivity contribution in [1.29, 1.82) is 0 Å². The summed E-state index contributed by atoms with van der Waals surface area (Å²) in [6, 6.07) is 13.4. The van der Waals surface area contributed by atoms with E-state index in [0.29, 0.717) is 10.00 Å². The molecule has 0 unspecified atom stereocenters. The number of nitrogen functional groups attached to an aromatic ring is 4. The Hall–Kier alpha value is -3.20. The molecule has 0 bridgehead atoms. The average molecular weight is 1260 g/mol. The van der Waals surface area contributed by atoms with Crippen molar-refractivity contribution >= 4 is 160 Å². The number of thiophene rings is 3. The van der Waals surface area contributed by atoms with Crippen molar-refractivity contribution in [2.45, 2.75) is 45.3 Å². The molecular weight excluding hydrogens is 1220 g/mol. The summed E-state index contributed by atoms with van der Waals surface area (Å²) in [5.41, 5.74) is 21.9. The van der Waals surface area contributed by atoms with Crippen molar-refractivity contribution in [2.24, 2.45) is 0 Å². The Morgan fingerprint density at radius 1 is 0.672 bits per heavy atom. The molecule has 0 amide bonds. The fourth-order valence-electron chi connectivity index (χ4n) is 4.52. The molecule has 326 valence electrons. The van der Waals surface area contributed by atoms with E-state index in [1.165, 1.54) is 48.8 Å². The monoisotopic (exact) mass is 1260 g/mol. The van der Waals surface area contributed by atoms with Gasteiger partial charge in [-0.05, 0) is 89.2 Å². The van der Waals surface area contributed by atoms with Gasteiger partial charge in [0.1, 0.15) is 10.3 Å². The number of hydrogen-bond donors (Lipinski definition) is 4. The van der Waals surface area contributed by atoms with Crippen molar-refractivity contribution in [2.75, 3.05) is 22.9 Å². The van der Waals surface area contributed by atoms with E-state index >= 15 is 0 Å². The third-order valence-corrected chi connectivity index (χ3v) is 11.0. The smallest absolute Gasteiger partial charge is 0.399 e. The molecule has 7 heterocycles. The maximum atomic E-state index is 12.9. The van der Waals surface area contributed by atoms with Gasteiger partial charge < -0.3 is 32.2 Å². The van der Waals surface area contributed by atoms with E-state index in [-0.39, 0.29) is 60.9 Å². The van der Waals surface area contributed by atoms with Gasteiger partial charge >= 0.3 is 18.5 Å². The maximum absolute atomic E-state index is 12.9. The highest BCUT2D eigenvalue weighted by Crippen LogP contribution is 2.38. The Morgan fingerprint density at radius 3 is 1.46 bits per heavy atom. The van der Waals surface area contributed by atoms with Gasteiger partial charge in [0.05, 0.1) is 32.3 Å². The second-order valence-corrected chi connectivity index (χ2v) is 29.2. The molecule has 15 nitrogen and oxygen atoms in total. The summed E-state index contributed by atoms with van der Waals surface area (Å²) < 4.78 is 51.3. The quantitative estimate of drug-likeness (QED) is 0.0413. The van der Waals surface area contributed by atoms with Gasteiger partial charge in [0.15, 0.2) is 15.4 Å². The third kappa shape index (κ3) is 15.5. The van der Waals surface area contributed by atoms with Gasteiger partial charge in [0.2, 0.25) is 11.6 Å². The highest BCUT2D eigenvalue weighted by atomic mass is 127. The van der Waals surface area contributed by atoms with E-state index in [9.17, 15) is 33.4 Å². The van der Waals surface area contributed by atoms with Crippen LogP contribution in [-0.4, -0.2) is 42.6 Å². The summed E-state index contributed by atoms with van der Waals surface area (Å²) in [5.74, 6) is -0.0601. The van der Waals surface area contributed by atoms with Gasteiger partial charge in [-0.1, -0.05) is 79.4 Å². The van der Waals surface area contributed by atoms with Gasteiger partial charge in [-0.25, -0.2) is 15.0 Å². The molecule has 1 aliphatic heterocycles. The van der Waals surface area contributed by atoms with Gasteiger partial charge in [-0.15, -0.1) is 34.0 Å². The molecule has 8 N–H and O–H groups in total. The zero-order chi connectivity index (χ0) is 46.0. The SMILES string of the molecule is CC(I)(I)I.CC1(C)OB(c2ccc(F)s2)OC1(C)C.Nc1nccc(-c2ccc(F)s2)c1N.Nc1nccc(-c2ccc(F)s2)c1[N+](=O)[O-].Nc1nccc(Cl)c1[N+](=O)[O-]. The number of alkyl halides is 3. The Bertz CT molecular complexity index is 2420. The van der Waals surface area contributed by atoms with Gasteiger partial charge in [0, 0.05) is 38.7 Å². The summed E-state index contributed by atoms with van der Waals surface area (Å²) >= 11 is 15.4. The van der Waals surface area contributed by atoms with Gasteiger partial charge in [0.25, 0.3) is 0 Å². The Labute approximate surface area is 406 Å². The standard InChI is InChI=1S/C10H14BFO2S.C9H6FN3O2S.C9H8FN3S.C5H4ClN3O2.C2H3I3/c1-9(2)10(3,4)14-11(13-9)7-5-6-8(12)15-7;10-7-2-1-6(16-7)5-3-4-12-9(11)8(5)13(14)15;10-7-2-1-6(14-7)5-3-4-13-9(12)8(5)11;6-3-1-2-8-5(7)4(3)9(10)11;1-2(3,4)5/h5-6H,1-4H3;1-4H,(H2,11,12);1-4H,11H2,(H2,12,13);1-2H,(H2,7,8);1H3. The molecule has 1 fully saturated rings. The molecule has 1 aliphatic rings. The lowest BCUT2D eigenvalue weighted by Gasteiger charge is -2.32. The molecule has 6 aromatic heterocycles. The van der Waals surface area contributed by atoms with Crippen molar-refractivity contribution in [1.82, 2.24) is 15.0 Å². The molecule has 1 saturated heterocycles. The Morgan fingerprint density at radius 2 is 1.07 bits per heavy atom. The normalized spacial score (nSPS) is 13.5. The minimum atomic E-state index is -0.662. The topological polar surface area (TPSA) is 247 Å². The van der Waals surface area contributed by atoms with Crippen LogP contribution in [0.15, 0.2) is 73.2 Å². The Balaban J connectivity index is 0.000000210. The second-order valence-electron chi connectivity index (χ2n) is 13.0. The van der Waals surface area contributed by atoms with E-state index in [4.69, 9.17) is 43.8 Å². The molecule has 0 radical (unpaired) electrons. The number of anilines is 4. The zero-order valence-electron chi connectivity index (χ0n) is 32.4. The molecule has 0 atom stereocenters. The van der Waals surface area contributed by atoms with Crippen LogP contribution in [-0.2, 0) is 9.31 Å². The van der Waals surface area contributed by atoms with Crippen molar-refractivity contribution < 1.29 is 32.3 Å². The molecule has 0 aromatic carbocycles. The minimum Gasteiger partial charge on any atom is -0.399 e. The van der Waals surface area contributed by atoms with Crippen LogP contribution in [0.4, 0.5) is 47.7 Å². The molecule has 7 rings (SSSR count). The van der Waals surface area contributed by atoms with Gasteiger partial charge in [-0.3, -0.25) is 20.2 Å². The lowest BCUT2D eigenvalue weighted by atomic mass is 9.88. The summed E-state index contributed by atoms with van der Waals surface area (Å²) in [6.07, 6.45) is 4.22. The number of aromatic nitrogens is 3. The highest BCUT2D eigenvalue weighted by molar-refractivity contribution is 14.3. The van der Waals surface area contributed by atoms with E-state index in [1.54, 1.807) is 24.4 Å². The van der Waals surface area contributed by atoms with Crippen LogP contribution >= 0.6 is 113 Å². The fraction of sp³-hybridized carbons (Fsp3) is 0.229. The lowest BCUT2D eigenvalue weighted by Crippen LogP contribution is -2.41. The number of hydrogen-bond acceptors (Lipinski definition) is 16. The number of pyridine rings is 3. The van der Waals surface area contributed by atoms with Crippen LogP contribution in [0.5, 0.6) is 0 Å². The van der Waals surface area contributed by atoms with Crippen LogP contribution < -0.4 is 27.7 Å². The first kappa shape index (κ1) is 52.2. The van der Waals surface area contributed by atoms with Crippen LogP contribution in [0.3, 0.4) is 0 Å². The van der Waals surface area contributed by atoms with E-state index in [1.807, 2.05) is 27.7 Å². The number of nitro groups is 2. The molecular formula is C35H35BClF3I3N9O6S3.